The Morgan fingerprint density at radius 3 is 2.67 bits per heavy atom. The van der Waals surface area contributed by atoms with Crippen LogP contribution in [0.1, 0.15) is 24.0 Å². The van der Waals surface area contributed by atoms with E-state index < -0.39 is 0 Å². The van der Waals surface area contributed by atoms with E-state index in [4.69, 9.17) is 4.74 Å². The SMILES string of the molecule is Fc1cccc(COc2ccccc2CNC2CC2)c1Br. The third-order valence-electron chi connectivity index (χ3n) is 3.55. The smallest absolute Gasteiger partial charge is 0.137 e. The molecule has 21 heavy (non-hydrogen) atoms. The van der Waals surface area contributed by atoms with Gasteiger partial charge < -0.3 is 10.1 Å². The summed E-state index contributed by atoms with van der Waals surface area (Å²) in [5.41, 5.74) is 1.94. The standard InChI is InChI=1S/C17H17BrFNO/c18-17-13(5-3-6-15(17)19)11-21-16-7-2-1-4-12(16)10-20-14-8-9-14/h1-7,14,20H,8-11H2. The van der Waals surface area contributed by atoms with Crippen molar-refractivity contribution < 1.29 is 9.13 Å². The van der Waals surface area contributed by atoms with E-state index in [1.807, 2.05) is 24.3 Å². The van der Waals surface area contributed by atoms with E-state index in [2.05, 4.69) is 27.3 Å². The Bertz CT molecular complexity index is 628. The second-order valence-corrected chi connectivity index (χ2v) is 6.06. The number of hydrogen-bond acceptors (Lipinski definition) is 2. The van der Waals surface area contributed by atoms with E-state index in [0.717, 1.165) is 23.4 Å². The number of benzene rings is 2. The van der Waals surface area contributed by atoms with Crippen LogP contribution >= 0.6 is 15.9 Å². The van der Waals surface area contributed by atoms with Gasteiger partial charge in [0.1, 0.15) is 18.2 Å². The van der Waals surface area contributed by atoms with Crippen molar-refractivity contribution in [2.24, 2.45) is 0 Å². The van der Waals surface area contributed by atoms with Crippen LogP contribution in [0.2, 0.25) is 0 Å². The van der Waals surface area contributed by atoms with Crippen molar-refractivity contribution in [2.75, 3.05) is 0 Å². The van der Waals surface area contributed by atoms with Crippen molar-refractivity contribution >= 4 is 15.9 Å². The second-order valence-electron chi connectivity index (χ2n) is 5.26. The average Bonchev–Trinajstić information content (AvgIpc) is 3.32. The summed E-state index contributed by atoms with van der Waals surface area (Å²) in [7, 11) is 0. The molecular weight excluding hydrogens is 333 g/mol. The lowest BCUT2D eigenvalue weighted by atomic mass is 10.2. The summed E-state index contributed by atoms with van der Waals surface area (Å²) < 4.78 is 19.8. The Labute approximate surface area is 132 Å². The minimum atomic E-state index is -0.264. The molecule has 1 fully saturated rings. The van der Waals surface area contributed by atoms with Gasteiger partial charge >= 0.3 is 0 Å². The van der Waals surface area contributed by atoms with Crippen molar-refractivity contribution in [3.8, 4) is 5.75 Å². The van der Waals surface area contributed by atoms with E-state index in [0.29, 0.717) is 17.1 Å². The molecule has 0 radical (unpaired) electrons. The molecule has 0 atom stereocenters. The van der Waals surface area contributed by atoms with E-state index in [1.165, 1.54) is 18.9 Å². The minimum absolute atomic E-state index is 0.264. The molecule has 1 saturated carbocycles. The first-order chi connectivity index (χ1) is 10.2. The highest BCUT2D eigenvalue weighted by atomic mass is 79.9. The van der Waals surface area contributed by atoms with Gasteiger partial charge in [0.2, 0.25) is 0 Å². The fourth-order valence-corrected chi connectivity index (χ4v) is 2.53. The molecule has 1 aliphatic rings. The van der Waals surface area contributed by atoms with Crippen LogP contribution in [0.25, 0.3) is 0 Å². The number of hydrogen-bond donors (Lipinski definition) is 1. The molecule has 1 aliphatic carbocycles. The lowest BCUT2D eigenvalue weighted by Crippen LogP contribution is -2.16. The molecule has 0 bridgehead atoms. The molecule has 2 aromatic rings. The van der Waals surface area contributed by atoms with Crippen molar-refractivity contribution in [1.29, 1.82) is 0 Å². The summed E-state index contributed by atoms with van der Waals surface area (Å²) in [6, 6.07) is 13.6. The van der Waals surface area contributed by atoms with Gasteiger partial charge in [-0.1, -0.05) is 30.3 Å². The van der Waals surface area contributed by atoms with Crippen LogP contribution in [-0.2, 0) is 13.2 Å². The maximum atomic E-state index is 13.5. The van der Waals surface area contributed by atoms with Gasteiger partial charge in [-0.25, -0.2) is 4.39 Å². The molecule has 0 unspecified atom stereocenters. The predicted octanol–water partition coefficient (Wildman–Crippen LogP) is 4.42. The Hall–Kier alpha value is -1.39. The molecule has 0 aromatic heterocycles. The van der Waals surface area contributed by atoms with Crippen molar-refractivity contribution in [3.63, 3.8) is 0 Å². The molecule has 0 heterocycles. The number of para-hydroxylation sites is 1. The summed E-state index contributed by atoms with van der Waals surface area (Å²) in [6.07, 6.45) is 2.53. The fraction of sp³-hybridized carbons (Fsp3) is 0.294. The number of halogens is 2. The normalized spacial score (nSPS) is 14.2. The summed E-state index contributed by atoms with van der Waals surface area (Å²) >= 11 is 3.26. The predicted molar refractivity (Wildman–Crippen MR) is 84.7 cm³/mol. The van der Waals surface area contributed by atoms with Crippen LogP contribution in [0.15, 0.2) is 46.9 Å². The summed E-state index contributed by atoms with van der Waals surface area (Å²) in [6.45, 7) is 1.16. The first-order valence-corrected chi connectivity index (χ1v) is 7.90. The van der Waals surface area contributed by atoms with Gasteiger partial charge in [0.15, 0.2) is 0 Å². The minimum Gasteiger partial charge on any atom is -0.489 e. The third kappa shape index (κ3) is 3.83. The van der Waals surface area contributed by atoms with Crippen LogP contribution in [0.5, 0.6) is 5.75 Å². The van der Waals surface area contributed by atoms with Crippen LogP contribution in [0.4, 0.5) is 4.39 Å². The first-order valence-electron chi connectivity index (χ1n) is 7.11. The van der Waals surface area contributed by atoms with E-state index in [9.17, 15) is 4.39 Å². The van der Waals surface area contributed by atoms with Gasteiger partial charge in [-0.05, 0) is 40.9 Å². The van der Waals surface area contributed by atoms with Gasteiger partial charge in [-0.15, -0.1) is 0 Å². The highest BCUT2D eigenvalue weighted by Crippen LogP contribution is 2.25. The first kappa shape index (κ1) is 14.5. The molecule has 0 saturated heterocycles. The van der Waals surface area contributed by atoms with Crippen LogP contribution in [0, 0.1) is 5.82 Å². The van der Waals surface area contributed by atoms with E-state index in [-0.39, 0.29) is 5.82 Å². The molecule has 2 aromatic carbocycles. The average molecular weight is 350 g/mol. The van der Waals surface area contributed by atoms with E-state index in [1.54, 1.807) is 6.07 Å². The zero-order valence-corrected chi connectivity index (χ0v) is 13.2. The fourth-order valence-electron chi connectivity index (χ4n) is 2.15. The highest BCUT2D eigenvalue weighted by Gasteiger charge is 2.20. The lowest BCUT2D eigenvalue weighted by Gasteiger charge is -2.13. The van der Waals surface area contributed by atoms with Crippen molar-refractivity contribution in [2.45, 2.75) is 32.0 Å². The quantitative estimate of drug-likeness (QED) is 0.833. The summed E-state index contributed by atoms with van der Waals surface area (Å²) in [5.74, 6) is 0.585. The van der Waals surface area contributed by atoms with Gasteiger partial charge in [-0.3, -0.25) is 0 Å². The molecule has 0 spiro atoms. The molecule has 1 N–H and O–H groups in total. The topological polar surface area (TPSA) is 21.3 Å². The third-order valence-corrected chi connectivity index (χ3v) is 4.43. The molecule has 110 valence electrons. The maximum Gasteiger partial charge on any atom is 0.137 e. The van der Waals surface area contributed by atoms with Crippen LogP contribution in [-0.4, -0.2) is 6.04 Å². The highest BCUT2D eigenvalue weighted by molar-refractivity contribution is 9.10. The molecule has 3 rings (SSSR count). The number of nitrogens with one attached hydrogen (secondary N) is 1. The van der Waals surface area contributed by atoms with Crippen LogP contribution < -0.4 is 10.1 Å². The van der Waals surface area contributed by atoms with Crippen molar-refractivity contribution in [1.82, 2.24) is 5.32 Å². The van der Waals surface area contributed by atoms with Gasteiger partial charge in [0.25, 0.3) is 0 Å². The largest absolute Gasteiger partial charge is 0.489 e. The summed E-state index contributed by atoms with van der Waals surface area (Å²) in [4.78, 5) is 0. The lowest BCUT2D eigenvalue weighted by molar-refractivity contribution is 0.300. The van der Waals surface area contributed by atoms with Gasteiger partial charge in [0.05, 0.1) is 4.47 Å². The molecule has 2 nitrogen and oxygen atoms in total. The van der Waals surface area contributed by atoms with Crippen LogP contribution in [0.3, 0.4) is 0 Å². The molecule has 4 heteroatoms. The monoisotopic (exact) mass is 349 g/mol. The number of ether oxygens (including phenoxy) is 1. The molecule has 0 aliphatic heterocycles. The van der Waals surface area contributed by atoms with E-state index >= 15 is 0 Å². The zero-order chi connectivity index (χ0) is 14.7. The maximum absolute atomic E-state index is 13.5. The second kappa shape index (κ2) is 6.58. The Kier molecular flexibility index (Phi) is 4.56. The van der Waals surface area contributed by atoms with Gasteiger partial charge in [0, 0.05) is 23.7 Å². The van der Waals surface area contributed by atoms with Gasteiger partial charge in [-0.2, -0.15) is 0 Å². The van der Waals surface area contributed by atoms with Crippen molar-refractivity contribution in [3.05, 3.63) is 63.9 Å². The Morgan fingerprint density at radius 2 is 1.86 bits per heavy atom. The molecular formula is C17H17BrFNO. The number of rotatable bonds is 6. The Balaban J connectivity index is 1.67. The summed E-state index contributed by atoms with van der Waals surface area (Å²) in [5, 5.41) is 3.48. The zero-order valence-electron chi connectivity index (χ0n) is 11.6. The Morgan fingerprint density at radius 1 is 1.10 bits per heavy atom. The molecule has 0 amide bonds.